The van der Waals surface area contributed by atoms with Gasteiger partial charge in [-0.2, -0.15) is 0 Å². The van der Waals surface area contributed by atoms with Gasteiger partial charge in [0.15, 0.2) is 0 Å². The Morgan fingerprint density at radius 1 is 1.29 bits per heavy atom. The molecule has 1 N–H and O–H groups in total. The van der Waals surface area contributed by atoms with Crippen LogP contribution < -0.4 is 5.32 Å². The van der Waals surface area contributed by atoms with Crippen molar-refractivity contribution in [2.75, 3.05) is 32.8 Å². The van der Waals surface area contributed by atoms with Crippen LogP contribution in [-0.2, 0) is 4.74 Å². The summed E-state index contributed by atoms with van der Waals surface area (Å²) in [6, 6.07) is 0.852. The van der Waals surface area contributed by atoms with E-state index in [2.05, 4.69) is 17.1 Å². The van der Waals surface area contributed by atoms with Gasteiger partial charge in [0.25, 0.3) is 0 Å². The van der Waals surface area contributed by atoms with E-state index in [0.717, 1.165) is 25.7 Å². The van der Waals surface area contributed by atoms with Crippen LogP contribution in [0.15, 0.2) is 0 Å². The Hall–Kier alpha value is -0.120. The molecule has 0 saturated carbocycles. The van der Waals surface area contributed by atoms with Gasteiger partial charge in [-0.3, -0.25) is 0 Å². The molecule has 0 radical (unpaired) electrons. The van der Waals surface area contributed by atoms with Crippen molar-refractivity contribution in [3.05, 3.63) is 0 Å². The molecule has 3 heteroatoms. The van der Waals surface area contributed by atoms with Gasteiger partial charge in [0.1, 0.15) is 0 Å². The molecule has 0 aliphatic carbocycles. The quantitative estimate of drug-likeness (QED) is 0.795. The summed E-state index contributed by atoms with van der Waals surface area (Å²) in [5, 5.41) is 3.42. The predicted molar refractivity (Wildman–Crippen MR) is 71.3 cm³/mol. The van der Waals surface area contributed by atoms with Gasteiger partial charge in [-0.25, -0.2) is 0 Å². The minimum Gasteiger partial charge on any atom is -0.376 e. The van der Waals surface area contributed by atoms with Crippen LogP contribution in [0.2, 0.25) is 0 Å². The Kier molecular flexibility index (Phi) is 5.75. The molecule has 0 aromatic rings. The van der Waals surface area contributed by atoms with E-state index in [1.807, 2.05) is 0 Å². The minimum atomic E-state index is 0.452. The molecular weight excluding hydrogens is 212 g/mol. The molecule has 2 unspecified atom stereocenters. The second kappa shape index (κ2) is 7.34. The van der Waals surface area contributed by atoms with Gasteiger partial charge >= 0.3 is 0 Å². The first kappa shape index (κ1) is 13.3. The highest BCUT2D eigenvalue weighted by atomic mass is 16.5. The Labute approximate surface area is 106 Å². The van der Waals surface area contributed by atoms with Crippen LogP contribution in [0.4, 0.5) is 0 Å². The van der Waals surface area contributed by atoms with E-state index in [1.54, 1.807) is 0 Å². The first-order valence-corrected chi connectivity index (χ1v) is 7.46. The topological polar surface area (TPSA) is 24.5 Å². The van der Waals surface area contributed by atoms with Crippen molar-refractivity contribution >= 4 is 0 Å². The zero-order chi connectivity index (χ0) is 11.9. The van der Waals surface area contributed by atoms with E-state index in [0.29, 0.717) is 6.10 Å². The van der Waals surface area contributed by atoms with Crippen molar-refractivity contribution in [2.45, 2.75) is 57.6 Å². The van der Waals surface area contributed by atoms with Crippen molar-refractivity contribution in [1.82, 2.24) is 10.2 Å². The summed E-state index contributed by atoms with van der Waals surface area (Å²) in [5.74, 6) is 0. The van der Waals surface area contributed by atoms with Crippen LogP contribution in [0.25, 0.3) is 0 Å². The molecular formula is C14H28N2O. The standard InChI is InChI=1S/C14H28N2O/c1-2-5-13-6-3-4-9-16(13)10-7-14-12-15-8-11-17-14/h13-15H,2-12H2,1H3. The Bertz CT molecular complexity index is 202. The molecule has 2 heterocycles. The highest BCUT2D eigenvalue weighted by molar-refractivity contribution is 4.78. The molecule has 100 valence electrons. The Morgan fingerprint density at radius 2 is 2.24 bits per heavy atom. The highest BCUT2D eigenvalue weighted by Gasteiger charge is 2.22. The van der Waals surface area contributed by atoms with E-state index >= 15 is 0 Å². The van der Waals surface area contributed by atoms with Crippen molar-refractivity contribution < 1.29 is 4.74 Å². The van der Waals surface area contributed by atoms with E-state index in [4.69, 9.17) is 4.74 Å². The average Bonchev–Trinajstić information content (AvgIpc) is 2.39. The fraction of sp³-hybridized carbons (Fsp3) is 1.00. The number of nitrogens with zero attached hydrogens (tertiary/aromatic N) is 1. The van der Waals surface area contributed by atoms with E-state index < -0.39 is 0 Å². The summed E-state index contributed by atoms with van der Waals surface area (Å²) in [7, 11) is 0. The summed E-state index contributed by atoms with van der Waals surface area (Å²) < 4.78 is 5.78. The van der Waals surface area contributed by atoms with Crippen molar-refractivity contribution in [2.24, 2.45) is 0 Å². The van der Waals surface area contributed by atoms with Gasteiger partial charge in [0.05, 0.1) is 12.7 Å². The molecule has 0 amide bonds. The summed E-state index contributed by atoms with van der Waals surface area (Å²) in [6.45, 7) is 7.82. The molecule has 2 atom stereocenters. The molecule has 2 aliphatic heterocycles. The lowest BCUT2D eigenvalue weighted by Crippen LogP contribution is -2.44. The molecule has 2 fully saturated rings. The maximum absolute atomic E-state index is 5.78. The van der Waals surface area contributed by atoms with Gasteiger partial charge in [-0.05, 0) is 32.2 Å². The number of ether oxygens (including phenoxy) is 1. The maximum atomic E-state index is 5.78. The fourth-order valence-electron chi connectivity index (χ4n) is 3.13. The van der Waals surface area contributed by atoms with Crippen LogP contribution in [0.5, 0.6) is 0 Å². The summed E-state index contributed by atoms with van der Waals surface area (Å²) in [5.41, 5.74) is 0. The van der Waals surface area contributed by atoms with Crippen LogP contribution in [0, 0.1) is 0 Å². The molecule has 0 aromatic heterocycles. The van der Waals surface area contributed by atoms with Crippen molar-refractivity contribution in [1.29, 1.82) is 0 Å². The number of piperidine rings is 1. The van der Waals surface area contributed by atoms with E-state index in [1.165, 1.54) is 51.6 Å². The second-order valence-corrected chi connectivity index (χ2v) is 5.46. The zero-order valence-electron chi connectivity index (χ0n) is 11.3. The number of rotatable bonds is 5. The zero-order valence-corrected chi connectivity index (χ0v) is 11.3. The lowest BCUT2D eigenvalue weighted by atomic mass is 9.98. The number of hydrogen-bond acceptors (Lipinski definition) is 3. The van der Waals surface area contributed by atoms with E-state index in [9.17, 15) is 0 Å². The third-order valence-corrected chi connectivity index (χ3v) is 4.11. The Morgan fingerprint density at radius 3 is 3.00 bits per heavy atom. The van der Waals surface area contributed by atoms with Gasteiger partial charge in [0.2, 0.25) is 0 Å². The van der Waals surface area contributed by atoms with Crippen molar-refractivity contribution in [3.63, 3.8) is 0 Å². The van der Waals surface area contributed by atoms with Gasteiger partial charge in [0, 0.05) is 25.7 Å². The summed E-state index contributed by atoms with van der Waals surface area (Å²) >= 11 is 0. The lowest BCUT2D eigenvalue weighted by molar-refractivity contribution is 0.0114. The van der Waals surface area contributed by atoms with Gasteiger partial charge < -0.3 is 15.0 Å². The molecule has 2 aliphatic rings. The number of morpholine rings is 1. The SMILES string of the molecule is CCCC1CCCCN1CCC1CNCCO1. The number of nitrogens with one attached hydrogen (secondary N) is 1. The fourth-order valence-corrected chi connectivity index (χ4v) is 3.13. The second-order valence-electron chi connectivity index (χ2n) is 5.46. The first-order valence-electron chi connectivity index (χ1n) is 7.46. The van der Waals surface area contributed by atoms with Gasteiger partial charge in [-0.1, -0.05) is 19.8 Å². The molecule has 2 rings (SSSR count). The Balaban J connectivity index is 1.71. The summed E-state index contributed by atoms with van der Waals surface area (Å²) in [4.78, 5) is 2.71. The number of hydrogen-bond donors (Lipinski definition) is 1. The normalized spacial score (nSPS) is 31.6. The van der Waals surface area contributed by atoms with E-state index in [-0.39, 0.29) is 0 Å². The number of likely N-dealkylation sites (tertiary alicyclic amines) is 1. The molecule has 2 saturated heterocycles. The third-order valence-electron chi connectivity index (χ3n) is 4.11. The maximum Gasteiger partial charge on any atom is 0.0712 e. The molecule has 3 nitrogen and oxygen atoms in total. The molecule has 0 spiro atoms. The van der Waals surface area contributed by atoms with Gasteiger partial charge in [-0.15, -0.1) is 0 Å². The largest absolute Gasteiger partial charge is 0.376 e. The predicted octanol–water partition coefficient (Wildman–Crippen LogP) is 2.02. The highest BCUT2D eigenvalue weighted by Crippen LogP contribution is 2.21. The smallest absolute Gasteiger partial charge is 0.0712 e. The van der Waals surface area contributed by atoms with Crippen LogP contribution in [-0.4, -0.2) is 49.8 Å². The third kappa shape index (κ3) is 4.23. The average molecular weight is 240 g/mol. The monoisotopic (exact) mass is 240 g/mol. The van der Waals surface area contributed by atoms with Crippen LogP contribution in [0.3, 0.4) is 0 Å². The summed E-state index contributed by atoms with van der Waals surface area (Å²) in [6.07, 6.45) is 8.59. The van der Waals surface area contributed by atoms with Crippen molar-refractivity contribution in [3.8, 4) is 0 Å². The first-order chi connectivity index (χ1) is 8.40. The molecule has 0 bridgehead atoms. The molecule has 17 heavy (non-hydrogen) atoms. The minimum absolute atomic E-state index is 0.452. The lowest BCUT2D eigenvalue weighted by Gasteiger charge is -2.37. The van der Waals surface area contributed by atoms with Crippen LogP contribution >= 0.6 is 0 Å². The van der Waals surface area contributed by atoms with Crippen LogP contribution in [0.1, 0.15) is 45.4 Å². The molecule has 0 aromatic carbocycles.